The predicted octanol–water partition coefficient (Wildman–Crippen LogP) is 5.35. The van der Waals surface area contributed by atoms with Crippen molar-refractivity contribution < 1.29 is 9.53 Å². The van der Waals surface area contributed by atoms with Gasteiger partial charge in [-0.15, -0.1) is 0 Å². The van der Waals surface area contributed by atoms with Crippen LogP contribution in [0.15, 0.2) is 0 Å². The van der Waals surface area contributed by atoms with E-state index in [0.717, 1.165) is 30.1 Å². The predicted molar refractivity (Wildman–Crippen MR) is 91.9 cm³/mol. The maximum Gasteiger partial charge on any atom is 0.302 e. The van der Waals surface area contributed by atoms with E-state index in [0.29, 0.717) is 5.41 Å². The van der Waals surface area contributed by atoms with Crippen LogP contribution >= 0.6 is 0 Å². The van der Waals surface area contributed by atoms with Crippen molar-refractivity contribution in [2.24, 2.45) is 34.5 Å². The number of rotatable bonds is 1. The second-order valence-electron chi connectivity index (χ2n) is 9.62. The van der Waals surface area contributed by atoms with Gasteiger partial charge in [-0.25, -0.2) is 0 Å². The molecule has 2 heteroatoms. The lowest BCUT2D eigenvalue weighted by molar-refractivity contribution is -0.161. The van der Waals surface area contributed by atoms with Gasteiger partial charge in [-0.2, -0.15) is 0 Å². The summed E-state index contributed by atoms with van der Waals surface area (Å²) in [6.45, 7) is 6.65. The fraction of sp³-hybridized carbons (Fsp3) is 0.952. The van der Waals surface area contributed by atoms with E-state index in [2.05, 4.69) is 13.8 Å². The molecule has 4 aliphatic rings. The van der Waals surface area contributed by atoms with Gasteiger partial charge in [0, 0.05) is 12.3 Å². The van der Waals surface area contributed by atoms with Gasteiger partial charge in [0.15, 0.2) is 0 Å². The largest absolute Gasteiger partial charge is 0.462 e. The summed E-state index contributed by atoms with van der Waals surface area (Å²) in [6, 6.07) is 0. The van der Waals surface area contributed by atoms with Crippen LogP contribution < -0.4 is 0 Å². The van der Waals surface area contributed by atoms with Crippen LogP contribution in [0.4, 0.5) is 0 Å². The summed E-state index contributed by atoms with van der Waals surface area (Å²) in [5.41, 5.74) is 0.868. The highest BCUT2D eigenvalue weighted by molar-refractivity contribution is 5.66. The first kappa shape index (κ1) is 16.0. The smallest absolute Gasteiger partial charge is 0.302 e. The summed E-state index contributed by atoms with van der Waals surface area (Å²) in [7, 11) is 0. The van der Waals surface area contributed by atoms with Crippen molar-refractivity contribution in [2.45, 2.75) is 91.1 Å². The van der Waals surface area contributed by atoms with Crippen LogP contribution in [0.25, 0.3) is 0 Å². The molecule has 0 aromatic carbocycles. The number of hydrogen-bond donors (Lipinski definition) is 0. The summed E-state index contributed by atoms with van der Waals surface area (Å²) < 4.78 is 5.76. The highest BCUT2D eigenvalue weighted by Gasteiger charge is 2.60. The number of ether oxygens (including phenoxy) is 1. The molecule has 4 rings (SSSR count). The van der Waals surface area contributed by atoms with Gasteiger partial charge in [0.1, 0.15) is 6.10 Å². The first-order chi connectivity index (χ1) is 10.9. The van der Waals surface area contributed by atoms with E-state index in [-0.39, 0.29) is 17.5 Å². The Labute approximate surface area is 141 Å². The zero-order valence-electron chi connectivity index (χ0n) is 15.3. The molecule has 0 spiro atoms. The van der Waals surface area contributed by atoms with Crippen molar-refractivity contribution in [3.63, 3.8) is 0 Å². The summed E-state index contributed by atoms with van der Waals surface area (Å²) in [5.74, 6) is 3.55. The molecule has 130 valence electrons. The van der Waals surface area contributed by atoms with E-state index in [1.165, 1.54) is 57.8 Å². The molecule has 4 aliphatic carbocycles. The third kappa shape index (κ3) is 2.30. The molecule has 4 saturated carbocycles. The minimum Gasteiger partial charge on any atom is -0.462 e. The van der Waals surface area contributed by atoms with Crippen LogP contribution in [0.1, 0.15) is 85.0 Å². The first-order valence-corrected chi connectivity index (χ1v) is 10.1. The minimum atomic E-state index is -0.0815. The fourth-order valence-corrected chi connectivity index (χ4v) is 7.64. The third-order valence-electron chi connectivity index (χ3n) is 8.80. The molecule has 0 bridgehead atoms. The van der Waals surface area contributed by atoms with Crippen LogP contribution in [-0.2, 0) is 9.53 Å². The lowest BCUT2D eigenvalue weighted by atomic mass is 9.45. The van der Waals surface area contributed by atoms with Gasteiger partial charge in [0.05, 0.1) is 0 Å². The highest BCUT2D eigenvalue weighted by Crippen LogP contribution is 2.66. The van der Waals surface area contributed by atoms with E-state index in [4.69, 9.17) is 4.74 Å². The number of hydrogen-bond acceptors (Lipinski definition) is 2. The molecular formula is C21H34O2. The molecule has 0 aromatic heterocycles. The second-order valence-corrected chi connectivity index (χ2v) is 9.62. The molecule has 0 aromatic rings. The Morgan fingerprint density at radius 3 is 2.43 bits per heavy atom. The fourth-order valence-electron chi connectivity index (χ4n) is 7.64. The first-order valence-electron chi connectivity index (χ1n) is 10.1. The Morgan fingerprint density at radius 2 is 1.65 bits per heavy atom. The van der Waals surface area contributed by atoms with Gasteiger partial charge in [-0.3, -0.25) is 4.79 Å². The molecular weight excluding hydrogens is 284 g/mol. The van der Waals surface area contributed by atoms with Crippen LogP contribution in [0, 0.1) is 34.5 Å². The summed E-state index contributed by atoms with van der Waals surface area (Å²) in [4.78, 5) is 11.5. The Balaban J connectivity index is 1.59. The van der Waals surface area contributed by atoms with E-state index >= 15 is 0 Å². The van der Waals surface area contributed by atoms with Crippen molar-refractivity contribution in [1.29, 1.82) is 0 Å². The monoisotopic (exact) mass is 318 g/mol. The maximum absolute atomic E-state index is 11.5. The Morgan fingerprint density at radius 1 is 0.870 bits per heavy atom. The molecule has 0 saturated heterocycles. The van der Waals surface area contributed by atoms with Crippen molar-refractivity contribution in [3.8, 4) is 0 Å². The Hall–Kier alpha value is -0.530. The lowest BCUT2D eigenvalue weighted by Gasteiger charge is -2.60. The van der Waals surface area contributed by atoms with Gasteiger partial charge < -0.3 is 4.74 Å². The summed E-state index contributed by atoms with van der Waals surface area (Å²) >= 11 is 0. The lowest BCUT2D eigenvalue weighted by Crippen LogP contribution is -2.53. The molecule has 23 heavy (non-hydrogen) atoms. The Bertz CT molecular complexity index is 486. The molecule has 0 heterocycles. The number of fused-ring (bicyclic) bond motifs is 5. The zero-order valence-corrected chi connectivity index (χ0v) is 15.3. The van der Waals surface area contributed by atoms with Crippen molar-refractivity contribution in [1.82, 2.24) is 0 Å². The molecule has 7 atom stereocenters. The topological polar surface area (TPSA) is 26.3 Å². The molecule has 0 amide bonds. The average molecular weight is 319 g/mol. The number of carbonyl (C=O) groups excluding carboxylic acids is 1. The molecule has 0 N–H and O–H groups in total. The maximum atomic E-state index is 11.5. The number of carbonyl (C=O) groups is 1. The van der Waals surface area contributed by atoms with E-state index in [9.17, 15) is 4.79 Å². The summed E-state index contributed by atoms with van der Waals surface area (Å²) in [5, 5.41) is 0. The van der Waals surface area contributed by atoms with Gasteiger partial charge in [-0.1, -0.05) is 26.7 Å². The van der Waals surface area contributed by atoms with E-state index < -0.39 is 0 Å². The van der Waals surface area contributed by atoms with Crippen LogP contribution in [0.2, 0.25) is 0 Å². The van der Waals surface area contributed by atoms with Crippen LogP contribution in [-0.4, -0.2) is 12.1 Å². The van der Waals surface area contributed by atoms with Crippen molar-refractivity contribution in [3.05, 3.63) is 0 Å². The van der Waals surface area contributed by atoms with E-state index in [1.807, 2.05) is 0 Å². The molecule has 0 unspecified atom stereocenters. The average Bonchev–Trinajstić information content (AvgIpc) is 2.83. The normalized spacial score (nSPS) is 52.2. The zero-order chi connectivity index (χ0) is 16.2. The molecule has 0 radical (unpaired) electrons. The third-order valence-corrected chi connectivity index (χ3v) is 8.80. The van der Waals surface area contributed by atoms with Crippen molar-refractivity contribution >= 4 is 5.97 Å². The van der Waals surface area contributed by atoms with Gasteiger partial charge in [-0.05, 0) is 80.5 Å². The number of esters is 1. The second kappa shape index (κ2) is 5.49. The highest BCUT2D eigenvalue weighted by atomic mass is 16.5. The van der Waals surface area contributed by atoms with Gasteiger partial charge >= 0.3 is 5.97 Å². The quantitative estimate of drug-likeness (QED) is 0.609. The minimum absolute atomic E-state index is 0.0815. The van der Waals surface area contributed by atoms with Gasteiger partial charge in [0.25, 0.3) is 0 Å². The standard InChI is InChI=1S/C21H34O2/c1-14(22)23-19-10-9-17-16-8-7-15-6-4-5-12-20(15,2)18(16)11-13-21(17,19)3/h15-19H,4-13H2,1-3H3/t15-,16-,17-,18-,19+,20-,21-/m0/s1. The van der Waals surface area contributed by atoms with Crippen molar-refractivity contribution in [2.75, 3.05) is 0 Å². The van der Waals surface area contributed by atoms with E-state index in [1.54, 1.807) is 6.92 Å². The molecule has 0 aliphatic heterocycles. The van der Waals surface area contributed by atoms with Crippen LogP contribution in [0.3, 0.4) is 0 Å². The molecule has 4 fully saturated rings. The van der Waals surface area contributed by atoms with Gasteiger partial charge in [0.2, 0.25) is 0 Å². The summed E-state index contributed by atoms with van der Waals surface area (Å²) in [6.07, 6.45) is 14.0. The Kier molecular flexibility index (Phi) is 3.81. The SMILES string of the molecule is CC(=O)O[C@@H]1CC[C@H]2[C@@H]3CC[C@@H]4CCCC[C@]4(C)[C@H]3CC[C@]12C. The molecule has 2 nitrogen and oxygen atoms in total. The van der Waals surface area contributed by atoms with Crippen LogP contribution in [0.5, 0.6) is 0 Å².